The van der Waals surface area contributed by atoms with E-state index in [-0.39, 0.29) is 18.2 Å². The number of carbonyl (C=O) groups excluding carboxylic acids is 2. The van der Waals surface area contributed by atoms with Crippen LogP contribution in [0.25, 0.3) is 22.1 Å². The fraction of sp³-hybridized carbons (Fsp3) is 0.529. The number of imidazole rings is 2. The molecule has 1 aliphatic rings. The number of aromatic nitrogens is 4. The number of carbonyl (C=O) groups is 2. The molecule has 1 saturated heterocycles. The maximum atomic E-state index is 12.8. The Morgan fingerprint density at radius 2 is 1.52 bits per heavy atom. The van der Waals surface area contributed by atoms with Crippen LogP contribution in [0.15, 0.2) is 36.4 Å². The van der Waals surface area contributed by atoms with E-state index in [9.17, 15) is 9.59 Å². The third-order valence-electron chi connectivity index (χ3n) is 7.54. The molecule has 2 aromatic carbocycles. The molecule has 0 saturated carbocycles. The molecule has 10 heteroatoms. The van der Waals surface area contributed by atoms with Crippen LogP contribution in [-0.2, 0) is 28.9 Å². The van der Waals surface area contributed by atoms with Crippen molar-refractivity contribution in [2.24, 2.45) is 0 Å². The maximum Gasteiger partial charge on any atom is 0.410 e. The van der Waals surface area contributed by atoms with Gasteiger partial charge < -0.3 is 24.3 Å². The number of likely N-dealkylation sites (tertiary alicyclic amines) is 1. The summed E-state index contributed by atoms with van der Waals surface area (Å²) in [6, 6.07) is 12.5. The summed E-state index contributed by atoms with van der Waals surface area (Å²) >= 11 is 0. The van der Waals surface area contributed by atoms with E-state index < -0.39 is 11.2 Å². The molecule has 0 bridgehead atoms. The van der Waals surface area contributed by atoms with Crippen molar-refractivity contribution < 1.29 is 19.1 Å². The van der Waals surface area contributed by atoms with E-state index in [2.05, 4.69) is 40.3 Å². The molecular formula is C34H46N6O4. The molecule has 4 aromatic rings. The lowest BCUT2D eigenvalue weighted by Gasteiger charge is -2.27. The summed E-state index contributed by atoms with van der Waals surface area (Å²) in [5, 5.41) is 0. The average molecular weight is 603 g/mol. The molecule has 44 heavy (non-hydrogen) atoms. The Bertz CT molecular complexity index is 1630. The first kappa shape index (κ1) is 31.3. The number of nitrogens with zero attached hydrogens (tertiary/aromatic N) is 4. The van der Waals surface area contributed by atoms with Crippen molar-refractivity contribution in [3.05, 3.63) is 59.2 Å². The largest absolute Gasteiger partial charge is 0.444 e. The van der Waals surface area contributed by atoms with Crippen LogP contribution in [0.3, 0.4) is 0 Å². The van der Waals surface area contributed by atoms with Crippen molar-refractivity contribution in [3.8, 4) is 0 Å². The molecule has 0 radical (unpaired) electrons. The molecule has 0 aliphatic carbocycles. The van der Waals surface area contributed by atoms with Crippen LogP contribution < -0.4 is 0 Å². The number of rotatable bonds is 8. The Labute approximate surface area is 259 Å². The first-order valence-corrected chi connectivity index (χ1v) is 15.7. The number of nitrogens with one attached hydrogen (secondary N) is 2. The van der Waals surface area contributed by atoms with Crippen molar-refractivity contribution >= 4 is 34.3 Å². The van der Waals surface area contributed by atoms with Crippen LogP contribution in [0.1, 0.15) is 96.5 Å². The maximum absolute atomic E-state index is 12.8. The molecule has 0 spiro atoms. The summed E-state index contributed by atoms with van der Waals surface area (Å²) in [5.74, 6) is 1.55. The second kappa shape index (κ2) is 12.5. The molecule has 1 aliphatic heterocycles. The summed E-state index contributed by atoms with van der Waals surface area (Å²) in [6.45, 7) is 15.0. The molecule has 3 heterocycles. The Morgan fingerprint density at radius 3 is 2.14 bits per heavy atom. The summed E-state index contributed by atoms with van der Waals surface area (Å²) in [5.41, 5.74) is 5.04. The van der Waals surface area contributed by atoms with Gasteiger partial charge in [0.05, 0.1) is 34.7 Å². The number of aromatic amines is 2. The normalized spacial score (nSPS) is 15.7. The number of aryl methyl sites for hydroxylation is 2. The van der Waals surface area contributed by atoms with Gasteiger partial charge in [0.2, 0.25) is 0 Å². The third-order valence-corrected chi connectivity index (χ3v) is 7.54. The first-order valence-electron chi connectivity index (χ1n) is 15.7. The Kier molecular flexibility index (Phi) is 8.90. The number of hydrogen-bond acceptors (Lipinski definition) is 6. The van der Waals surface area contributed by atoms with Gasteiger partial charge in [-0.25, -0.2) is 19.6 Å². The molecule has 236 valence electrons. The average Bonchev–Trinajstić information content (AvgIpc) is 3.66. The quantitative estimate of drug-likeness (QED) is 0.216. The number of benzene rings is 2. The summed E-state index contributed by atoms with van der Waals surface area (Å²) in [4.78, 5) is 45.5. The minimum Gasteiger partial charge on any atom is -0.444 e. The Hall–Kier alpha value is -4.08. The molecule has 0 unspecified atom stereocenters. The first-order chi connectivity index (χ1) is 20.8. The van der Waals surface area contributed by atoms with E-state index >= 15 is 0 Å². The van der Waals surface area contributed by atoms with E-state index in [0.717, 1.165) is 65.8 Å². The van der Waals surface area contributed by atoms with Gasteiger partial charge in [-0.3, -0.25) is 4.90 Å². The van der Waals surface area contributed by atoms with Crippen LogP contribution in [0.5, 0.6) is 0 Å². The van der Waals surface area contributed by atoms with Crippen molar-refractivity contribution in [1.29, 1.82) is 0 Å². The number of hydrogen-bond donors (Lipinski definition) is 2. The molecule has 10 nitrogen and oxygen atoms in total. The van der Waals surface area contributed by atoms with Crippen LogP contribution >= 0.6 is 0 Å². The number of H-pyrrole nitrogens is 2. The monoisotopic (exact) mass is 602 g/mol. The molecule has 2 amide bonds. The van der Waals surface area contributed by atoms with E-state index in [4.69, 9.17) is 19.4 Å². The highest BCUT2D eigenvalue weighted by molar-refractivity contribution is 5.77. The molecule has 1 fully saturated rings. The van der Waals surface area contributed by atoms with Gasteiger partial charge in [-0.2, -0.15) is 0 Å². The van der Waals surface area contributed by atoms with Crippen molar-refractivity contribution in [1.82, 2.24) is 29.7 Å². The molecule has 2 aromatic heterocycles. The fourth-order valence-corrected chi connectivity index (χ4v) is 5.62. The Balaban J connectivity index is 1.24. The van der Waals surface area contributed by atoms with Gasteiger partial charge in [0.1, 0.15) is 22.9 Å². The highest BCUT2D eigenvalue weighted by atomic mass is 16.6. The lowest BCUT2D eigenvalue weighted by molar-refractivity contribution is 0.0213. The van der Waals surface area contributed by atoms with Crippen molar-refractivity contribution in [2.45, 2.75) is 104 Å². The molecule has 2 N–H and O–H groups in total. The lowest BCUT2D eigenvalue weighted by Crippen LogP contribution is -2.37. The van der Waals surface area contributed by atoms with E-state index in [1.54, 1.807) is 9.80 Å². The minimum atomic E-state index is -0.547. The van der Waals surface area contributed by atoms with Gasteiger partial charge in [0.25, 0.3) is 0 Å². The standard InChI is InChI=1S/C34H46N6O4/c1-8-17-39(31(41)43-33(2,3)4)21-29-35-24-15-13-22(19-26(24)36-29)11-12-23-14-16-25-27(20-23)38-30(37-25)28-10-9-18-40(28)32(42)44-34(5,6)7/h13-16,19-20,28H,8-12,17-18,21H2,1-7H3,(H,35,36)(H,37,38)/t28-/m0/s1. The van der Waals surface area contributed by atoms with Crippen LogP contribution in [0, 0.1) is 0 Å². The number of fused-ring (bicyclic) bond motifs is 2. The van der Waals surface area contributed by atoms with Gasteiger partial charge in [0.15, 0.2) is 0 Å². The highest BCUT2D eigenvalue weighted by Gasteiger charge is 2.35. The highest BCUT2D eigenvalue weighted by Crippen LogP contribution is 2.33. The Morgan fingerprint density at radius 1 is 0.909 bits per heavy atom. The SMILES string of the molecule is CCCN(Cc1nc2ccc(CCc3ccc4nc([C@@H]5CCCN5C(=O)OC(C)(C)C)[nH]c4c3)cc2[nH]1)C(=O)OC(C)(C)C. The van der Waals surface area contributed by atoms with E-state index in [1.165, 1.54) is 11.1 Å². The van der Waals surface area contributed by atoms with Gasteiger partial charge in [0, 0.05) is 13.1 Å². The minimum absolute atomic E-state index is 0.107. The third kappa shape index (κ3) is 7.70. The zero-order chi connectivity index (χ0) is 31.6. The van der Waals surface area contributed by atoms with Crippen molar-refractivity contribution in [3.63, 3.8) is 0 Å². The fourth-order valence-electron chi connectivity index (χ4n) is 5.62. The topological polar surface area (TPSA) is 116 Å². The number of amides is 2. The lowest BCUT2D eigenvalue weighted by atomic mass is 10.0. The van der Waals surface area contributed by atoms with Crippen LogP contribution in [-0.4, -0.2) is 66.2 Å². The summed E-state index contributed by atoms with van der Waals surface area (Å²) < 4.78 is 11.2. The van der Waals surface area contributed by atoms with Gasteiger partial charge >= 0.3 is 12.2 Å². The summed E-state index contributed by atoms with van der Waals surface area (Å²) in [6.07, 6.45) is 3.74. The smallest absolute Gasteiger partial charge is 0.410 e. The summed E-state index contributed by atoms with van der Waals surface area (Å²) in [7, 11) is 0. The van der Waals surface area contributed by atoms with Gasteiger partial charge in [-0.15, -0.1) is 0 Å². The predicted octanol–water partition coefficient (Wildman–Crippen LogP) is 7.44. The van der Waals surface area contributed by atoms with Crippen LogP contribution in [0.4, 0.5) is 9.59 Å². The number of ether oxygens (including phenoxy) is 2. The molecule has 1 atom stereocenters. The van der Waals surface area contributed by atoms with Crippen molar-refractivity contribution in [2.75, 3.05) is 13.1 Å². The van der Waals surface area contributed by atoms with Crippen LogP contribution in [0.2, 0.25) is 0 Å². The van der Waals surface area contributed by atoms with E-state index in [1.807, 2.05) is 54.5 Å². The zero-order valence-corrected chi connectivity index (χ0v) is 27.1. The zero-order valence-electron chi connectivity index (χ0n) is 27.1. The molecular weight excluding hydrogens is 556 g/mol. The predicted molar refractivity (Wildman–Crippen MR) is 171 cm³/mol. The van der Waals surface area contributed by atoms with E-state index in [0.29, 0.717) is 19.6 Å². The molecule has 5 rings (SSSR count). The second-order valence-electron chi connectivity index (χ2n) is 13.7. The van der Waals surface area contributed by atoms with Gasteiger partial charge in [-0.05, 0) is 109 Å². The van der Waals surface area contributed by atoms with Gasteiger partial charge in [-0.1, -0.05) is 19.1 Å². The second-order valence-corrected chi connectivity index (χ2v) is 13.7.